The highest BCUT2D eigenvalue weighted by Gasteiger charge is 2.17. The topological polar surface area (TPSA) is 54.5 Å². The lowest BCUT2D eigenvalue weighted by molar-refractivity contribution is 0.0941. The number of likely N-dealkylation sites (N-methyl/N-ethyl adjacent to an activating group) is 1. The molecule has 0 bridgehead atoms. The Kier molecular flexibility index (Phi) is 5.72. The highest BCUT2D eigenvalue weighted by Crippen LogP contribution is 2.22. The minimum absolute atomic E-state index is 0.105. The number of benzene rings is 2. The molecule has 0 radical (unpaired) electrons. The molecule has 1 heterocycles. The predicted molar refractivity (Wildman–Crippen MR) is 108 cm³/mol. The smallest absolute Gasteiger partial charge is 0.253 e. The average molecular weight is 363 g/mol. The summed E-state index contributed by atoms with van der Waals surface area (Å²) >= 11 is 0. The molecule has 0 fully saturated rings. The van der Waals surface area contributed by atoms with Crippen LogP contribution in [0.5, 0.6) is 5.75 Å². The number of aryl methyl sites for hydroxylation is 1. The molecule has 5 heteroatoms. The van der Waals surface area contributed by atoms with E-state index in [1.165, 1.54) is 5.56 Å². The molecule has 3 aromatic rings. The van der Waals surface area contributed by atoms with E-state index < -0.39 is 0 Å². The fourth-order valence-electron chi connectivity index (χ4n) is 3.16. The lowest BCUT2D eigenvalue weighted by atomic mass is 10.1. The normalized spacial score (nSPS) is 12.2. The van der Waals surface area contributed by atoms with Crippen molar-refractivity contribution in [2.75, 3.05) is 27.7 Å². The van der Waals surface area contributed by atoms with Gasteiger partial charge in [-0.05, 0) is 44.8 Å². The van der Waals surface area contributed by atoms with Crippen LogP contribution in [0, 0.1) is 6.92 Å². The van der Waals surface area contributed by atoms with Gasteiger partial charge in [0, 0.05) is 18.0 Å². The summed E-state index contributed by atoms with van der Waals surface area (Å²) in [5, 5.41) is 3.98. The molecule has 0 aliphatic heterocycles. The van der Waals surface area contributed by atoms with Crippen molar-refractivity contribution in [3.8, 4) is 5.75 Å². The summed E-state index contributed by atoms with van der Waals surface area (Å²) in [4.78, 5) is 19.5. The third-order valence-corrected chi connectivity index (χ3v) is 4.72. The van der Waals surface area contributed by atoms with Crippen LogP contribution >= 0.6 is 0 Å². The number of methoxy groups -OCH3 is 1. The fourth-order valence-corrected chi connectivity index (χ4v) is 3.16. The maximum atomic E-state index is 12.8. The van der Waals surface area contributed by atoms with Crippen molar-refractivity contribution in [3.05, 3.63) is 71.4 Å². The predicted octanol–water partition coefficient (Wildman–Crippen LogP) is 3.58. The molecule has 0 spiro atoms. The monoisotopic (exact) mass is 363 g/mol. The summed E-state index contributed by atoms with van der Waals surface area (Å²) in [5.74, 6) is 0.642. The van der Waals surface area contributed by atoms with Crippen LogP contribution in [-0.2, 0) is 0 Å². The molecule has 1 atom stereocenters. The number of aromatic nitrogens is 1. The summed E-state index contributed by atoms with van der Waals surface area (Å²) in [5.41, 5.74) is 3.29. The zero-order valence-electron chi connectivity index (χ0n) is 16.2. The van der Waals surface area contributed by atoms with E-state index in [9.17, 15) is 4.79 Å². The minimum atomic E-state index is -0.111. The molecule has 5 nitrogen and oxygen atoms in total. The van der Waals surface area contributed by atoms with Gasteiger partial charge in [-0.25, -0.2) is 0 Å². The lowest BCUT2D eigenvalue weighted by Gasteiger charge is -2.25. The highest BCUT2D eigenvalue weighted by molar-refractivity contribution is 5.98. The number of nitrogens with zero attached hydrogens (tertiary/aromatic N) is 2. The molecule has 140 valence electrons. The second-order valence-corrected chi connectivity index (χ2v) is 6.78. The summed E-state index contributed by atoms with van der Waals surface area (Å²) < 4.78 is 5.25. The van der Waals surface area contributed by atoms with Gasteiger partial charge in [0.25, 0.3) is 5.91 Å². The first-order valence-electron chi connectivity index (χ1n) is 8.94. The zero-order chi connectivity index (χ0) is 19.4. The Bertz CT molecular complexity index is 939. The Balaban J connectivity index is 1.80. The van der Waals surface area contributed by atoms with Crippen LogP contribution in [-0.4, -0.2) is 43.5 Å². The third-order valence-electron chi connectivity index (χ3n) is 4.72. The summed E-state index contributed by atoms with van der Waals surface area (Å²) in [6.45, 7) is 2.38. The van der Waals surface area contributed by atoms with Crippen LogP contribution in [0.25, 0.3) is 10.9 Å². The van der Waals surface area contributed by atoms with Crippen LogP contribution < -0.4 is 10.1 Å². The molecular formula is C22H25N3O2. The molecule has 0 saturated carbocycles. The first-order valence-corrected chi connectivity index (χ1v) is 8.94. The van der Waals surface area contributed by atoms with E-state index in [2.05, 4.69) is 27.3 Å². The minimum Gasteiger partial charge on any atom is -0.497 e. The number of fused-ring (bicyclic) bond motifs is 1. The molecule has 27 heavy (non-hydrogen) atoms. The number of ether oxygens (including phenoxy) is 1. The zero-order valence-corrected chi connectivity index (χ0v) is 16.2. The first-order chi connectivity index (χ1) is 13.0. The van der Waals surface area contributed by atoms with Crippen LogP contribution in [0.2, 0.25) is 0 Å². The number of carbonyl (C=O) groups is 1. The lowest BCUT2D eigenvalue weighted by Crippen LogP contribution is -2.34. The summed E-state index contributed by atoms with van der Waals surface area (Å²) in [7, 11) is 5.66. The highest BCUT2D eigenvalue weighted by atomic mass is 16.5. The van der Waals surface area contributed by atoms with Gasteiger partial charge in [0.05, 0.1) is 29.9 Å². The first kappa shape index (κ1) is 18.9. The fraction of sp³-hybridized carbons (Fsp3) is 0.273. The van der Waals surface area contributed by atoms with Gasteiger partial charge in [-0.1, -0.05) is 30.3 Å². The third kappa shape index (κ3) is 4.26. The number of pyridine rings is 1. The van der Waals surface area contributed by atoms with Gasteiger partial charge >= 0.3 is 0 Å². The quantitative estimate of drug-likeness (QED) is 0.727. The molecule has 1 aromatic heterocycles. The van der Waals surface area contributed by atoms with E-state index in [-0.39, 0.29) is 11.9 Å². The van der Waals surface area contributed by atoms with Crippen LogP contribution in [0.15, 0.2) is 54.6 Å². The number of carbonyl (C=O) groups excluding carboxylic acids is 1. The van der Waals surface area contributed by atoms with Crippen molar-refractivity contribution in [1.82, 2.24) is 15.2 Å². The Morgan fingerprint density at radius 2 is 1.89 bits per heavy atom. The SMILES string of the molecule is COc1ccc2cc(C(=O)NC[C@H](c3ccccc3)N(C)C)c(C)nc2c1. The van der Waals surface area contributed by atoms with Gasteiger partial charge in [-0.15, -0.1) is 0 Å². The molecule has 2 aromatic carbocycles. The van der Waals surface area contributed by atoms with Crippen molar-refractivity contribution < 1.29 is 9.53 Å². The summed E-state index contributed by atoms with van der Waals surface area (Å²) in [6.07, 6.45) is 0. The van der Waals surface area contributed by atoms with Crippen molar-refractivity contribution in [1.29, 1.82) is 0 Å². The number of hydrogen-bond acceptors (Lipinski definition) is 4. The Labute approximate surface area is 160 Å². The molecule has 0 saturated heterocycles. The van der Waals surface area contributed by atoms with E-state index in [0.717, 1.165) is 16.7 Å². The average Bonchev–Trinajstić information content (AvgIpc) is 2.67. The Morgan fingerprint density at radius 1 is 1.15 bits per heavy atom. The Morgan fingerprint density at radius 3 is 2.56 bits per heavy atom. The number of hydrogen-bond donors (Lipinski definition) is 1. The summed E-state index contributed by atoms with van der Waals surface area (Å²) in [6, 6.07) is 17.8. The van der Waals surface area contributed by atoms with E-state index in [4.69, 9.17) is 4.74 Å². The largest absolute Gasteiger partial charge is 0.497 e. The van der Waals surface area contributed by atoms with Crippen LogP contribution in [0.3, 0.4) is 0 Å². The molecule has 0 unspecified atom stereocenters. The number of nitrogens with one attached hydrogen (secondary N) is 1. The van der Waals surface area contributed by atoms with Crippen molar-refractivity contribution in [3.63, 3.8) is 0 Å². The molecule has 0 aliphatic rings. The maximum Gasteiger partial charge on any atom is 0.253 e. The van der Waals surface area contributed by atoms with Gasteiger partial charge in [0.15, 0.2) is 0 Å². The molecule has 3 rings (SSSR count). The molecule has 1 amide bonds. The standard InChI is InChI=1S/C22H25N3O2/c1-15-19(12-17-10-11-18(27-4)13-20(17)24-15)22(26)23-14-21(25(2)3)16-8-6-5-7-9-16/h5-13,21H,14H2,1-4H3,(H,23,26)/t21-/m1/s1. The number of amides is 1. The van der Waals surface area contributed by atoms with E-state index >= 15 is 0 Å². The van der Waals surface area contributed by atoms with Crippen LogP contribution in [0.1, 0.15) is 27.7 Å². The van der Waals surface area contributed by atoms with E-state index in [0.29, 0.717) is 17.8 Å². The van der Waals surface area contributed by atoms with Gasteiger partial charge in [-0.2, -0.15) is 0 Å². The second kappa shape index (κ2) is 8.18. The van der Waals surface area contributed by atoms with Gasteiger partial charge in [0.2, 0.25) is 0 Å². The number of rotatable bonds is 6. The van der Waals surface area contributed by atoms with E-state index in [1.54, 1.807) is 7.11 Å². The van der Waals surface area contributed by atoms with E-state index in [1.807, 2.05) is 63.5 Å². The molecular weight excluding hydrogens is 338 g/mol. The van der Waals surface area contributed by atoms with Gasteiger partial charge in [-0.3, -0.25) is 9.78 Å². The molecule has 0 aliphatic carbocycles. The van der Waals surface area contributed by atoms with Crippen molar-refractivity contribution >= 4 is 16.8 Å². The van der Waals surface area contributed by atoms with Crippen LogP contribution in [0.4, 0.5) is 0 Å². The van der Waals surface area contributed by atoms with Gasteiger partial charge < -0.3 is 15.0 Å². The maximum absolute atomic E-state index is 12.8. The van der Waals surface area contributed by atoms with Gasteiger partial charge in [0.1, 0.15) is 5.75 Å². The second-order valence-electron chi connectivity index (χ2n) is 6.78. The Hall–Kier alpha value is -2.92. The van der Waals surface area contributed by atoms with Crippen molar-refractivity contribution in [2.24, 2.45) is 0 Å². The molecule has 1 N–H and O–H groups in total. The van der Waals surface area contributed by atoms with Crippen molar-refractivity contribution in [2.45, 2.75) is 13.0 Å².